The third-order valence-corrected chi connectivity index (χ3v) is 5.05. The number of carbonyl (C=O) groups excluding carboxylic acids is 2. The van der Waals surface area contributed by atoms with E-state index in [1.54, 1.807) is 22.2 Å². The standard InChI is InChI=1S/C21H23N5O2/c27-20(17-6-7-18-19(14-17)24-15-23-18)25-10-12-26(13-11-25)21(28)22-9-8-16-4-2-1-3-5-16/h1-7,14-15H,8-13H2,(H,22,28)(H,23,24). The van der Waals surface area contributed by atoms with E-state index in [1.165, 1.54) is 5.56 Å². The molecule has 144 valence electrons. The highest BCUT2D eigenvalue weighted by Crippen LogP contribution is 2.15. The minimum atomic E-state index is -0.0677. The number of amides is 3. The van der Waals surface area contributed by atoms with Crippen molar-refractivity contribution < 1.29 is 9.59 Å². The average Bonchev–Trinajstić information content (AvgIpc) is 3.22. The second-order valence-electron chi connectivity index (χ2n) is 6.88. The highest BCUT2D eigenvalue weighted by molar-refractivity contribution is 5.97. The molecule has 0 atom stereocenters. The third-order valence-electron chi connectivity index (χ3n) is 5.05. The van der Waals surface area contributed by atoms with Crippen LogP contribution in [0.4, 0.5) is 4.79 Å². The fraction of sp³-hybridized carbons (Fsp3) is 0.286. The topological polar surface area (TPSA) is 81.3 Å². The van der Waals surface area contributed by atoms with Gasteiger partial charge in [-0.1, -0.05) is 30.3 Å². The Labute approximate surface area is 163 Å². The van der Waals surface area contributed by atoms with Crippen LogP contribution >= 0.6 is 0 Å². The van der Waals surface area contributed by atoms with Gasteiger partial charge in [0, 0.05) is 38.3 Å². The van der Waals surface area contributed by atoms with E-state index in [1.807, 2.05) is 30.3 Å². The molecule has 0 spiro atoms. The summed E-state index contributed by atoms with van der Waals surface area (Å²) >= 11 is 0. The van der Waals surface area contributed by atoms with Gasteiger partial charge in [-0.25, -0.2) is 9.78 Å². The fourth-order valence-corrected chi connectivity index (χ4v) is 3.43. The van der Waals surface area contributed by atoms with E-state index in [0.717, 1.165) is 17.5 Å². The lowest BCUT2D eigenvalue weighted by Gasteiger charge is -2.34. The molecule has 0 saturated carbocycles. The number of H-pyrrole nitrogens is 1. The SMILES string of the molecule is O=C(NCCc1ccccc1)N1CCN(C(=O)c2ccc3nc[nH]c3c2)CC1. The van der Waals surface area contributed by atoms with E-state index in [-0.39, 0.29) is 11.9 Å². The number of fused-ring (bicyclic) bond motifs is 1. The Bertz CT molecular complexity index is 961. The number of nitrogens with zero attached hydrogens (tertiary/aromatic N) is 3. The predicted octanol–water partition coefficient (Wildman–Crippen LogP) is 2.27. The number of hydrogen-bond donors (Lipinski definition) is 2. The highest BCUT2D eigenvalue weighted by Gasteiger charge is 2.24. The van der Waals surface area contributed by atoms with Crippen molar-refractivity contribution in [2.75, 3.05) is 32.7 Å². The Kier molecular flexibility index (Phi) is 5.23. The first-order valence-electron chi connectivity index (χ1n) is 9.50. The van der Waals surface area contributed by atoms with Crippen LogP contribution in [0.25, 0.3) is 11.0 Å². The second kappa shape index (κ2) is 8.12. The van der Waals surface area contributed by atoms with Gasteiger partial charge in [0.2, 0.25) is 0 Å². The molecule has 7 heteroatoms. The van der Waals surface area contributed by atoms with Crippen molar-refractivity contribution in [1.82, 2.24) is 25.1 Å². The molecule has 7 nitrogen and oxygen atoms in total. The van der Waals surface area contributed by atoms with E-state index >= 15 is 0 Å². The number of carbonyl (C=O) groups is 2. The zero-order valence-electron chi connectivity index (χ0n) is 15.6. The van der Waals surface area contributed by atoms with Crippen molar-refractivity contribution >= 4 is 23.0 Å². The molecule has 3 amide bonds. The molecule has 2 heterocycles. The molecular weight excluding hydrogens is 354 g/mol. The van der Waals surface area contributed by atoms with Crippen LogP contribution in [0.3, 0.4) is 0 Å². The normalized spacial score (nSPS) is 14.3. The molecule has 1 saturated heterocycles. The quantitative estimate of drug-likeness (QED) is 0.732. The molecule has 1 aromatic heterocycles. The maximum Gasteiger partial charge on any atom is 0.317 e. The number of aromatic nitrogens is 2. The summed E-state index contributed by atoms with van der Waals surface area (Å²) < 4.78 is 0. The summed E-state index contributed by atoms with van der Waals surface area (Å²) in [6.45, 7) is 2.74. The molecule has 1 fully saturated rings. The van der Waals surface area contributed by atoms with E-state index in [0.29, 0.717) is 38.3 Å². The summed E-state index contributed by atoms with van der Waals surface area (Å²) in [5, 5.41) is 2.97. The molecule has 2 aromatic carbocycles. The number of hydrogen-bond acceptors (Lipinski definition) is 3. The molecule has 1 aliphatic heterocycles. The van der Waals surface area contributed by atoms with Crippen LogP contribution in [-0.2, 0) is 6.42 Å². The molecule has 0 unspecified atom stereocenters. The van der Waals surface area contributed by atoms with Crippen LogP contribution in [0.1, 0.15) is 15.9 Å². The monoisotopic (exact) mass is 377 g/mol. The maximum absolute atomic E-state index is 12.7. The summed E-state index contributed by atoms with van der Waals surface area (Å²) in [4.78, 5) is 35.9. The Morgan fingerprint density at radius 2 is 1.75 bits per heavy atom. The molecule has 2 N–H and O–H groups in total. The third kappa shape index (κ3) is 3.98. The Morgan fingerprint density at radius 1 is 1.00 bits per heavy atom. The number of nitrogens with one attached hydrogen (secondary N) is 2. The first kappa shape index (κ1) is 18.0. The number of piperazine rings is 1. The Hall–Kier alpha value is -3.35. The summed E-state index contributed by atoms with van der Waals surface area (Å²) in [6, 6.07) is 15.5. The zero-order chi connectivity index (χ0) is 19.3. The van der Waals surface area contributed by atoms with Crippen LogP contribution in [0.15, 0.2) is 54.9 Å². The minimum absolute atomic E-state index is 0.0133. The Balaban J connectivity index is 1.26. The van der Waals surface area contributed by atoms with Crippen LogP contribution in [0.5, 0.6) is 0 Å². The largest absolute Gasteiger partial charge is 0.345 e. The van der Waals surface area contributed by atoms with Gasteiger partial charge in [0.25, 0.3) is 5.91 Å². The van der Waals surface area contributed by atoms with E-state index in [9.17, 15) is 9.59 Å². The molecule has 0 radical (unpaired) electrons. The molecule has 0 aliphatic carbocycles. The van der Waals surface area contributed by atoms with Crippen molar-refractivity contribution in [1.29, 1.82) is 0 Å². The molecule has 4 rings (SSSR count). The van der Waals surface area contributed by atoms with Crippen LogP contribution in [0.2, 0.25) is 0 Å². The summed E-state index contributed by atoms with van der Waals surface area (Å²) in [7, 11) is 0. The van der Waals surface area contributed by atoms with Crippen molar-refractivity contribution in [2.24, 2.45) is 0 Å². The predicted molar refractivity (Wildman–Crippen MR) is 107 cm³/mol. The van der Waals surface area contributed by atoms with Crippen molar-refractivity contribution in [3.8, 4) is 0 Å². The first-order chi connectivity index (χ1) is 13.7. The van der Waals surface area contributed by atoms with Gasteiger partial charge >= 0.3 is 6.03 Å². The Morgan fingerprint density at radius 3 is 2.54 bits per heavy atom. The number of aromatic amines is 1. The van der Waals surface area contributed by atoms with Crippen LogP contribution < -0.4 is 5.32 Å². The highest BCUT2D eigenvalue weighted by atomic mass is 16.2. The van der Waals surface area contributed by atoms with Gasteiger partial charge in [0.1, 0.15) is 0 Å². The molecule has 28 heavy (non-hydrogen) atoms. The minimum Gasteiger partial charge on any atom is -0.345 e. The van der Waals surface area contributed by atoms with Crippen LogP contribution in [-0.4, -0.2) is 64.4 Å². The van der Waals surface area contributed by atoms with Gasteiger partial charge in [-0.2, -0.15) is 0 Å². The smallest absolute Gasteiger partial charge is 0.317 e. The summed E-state index contributed by atoms with van der Waals surface area (Å²) in [5.41, 5.74) is 3.53. The number of rotatable bonds is 4. The van der Waals surface area contributed by atoms with Crippen molar-refractivity contribution in [2.45, 2.75) is 6.42 Å². The van der Waals surface area contributed by atoms with E-state index < -0.39 is 0 Å². The lowest BCUT2D eigenvalue weighted by atomic mass is 10.1. The van der Waals surface area contributed by atoms with Crippen molar-refractivity contribution in [3.63, 3.8) is 0 Å². The number of imidazole rings is 1. The lowest BCUT2D eigenvalue weighted by molar-refractivity contribution is 0.0665. The van der Waals surface area contributed by atoms with Gasteiger partial charge < -0.3 is 20.1 Å². The van der Waals surface area contributed by atoms with Gasteiger partial charge in [-0.05, 0) is 30.2 Å². The number of benzene rings is 2. The van der Waals surface area contributed by atoms with E-state index in [4.69, 9.17) is 0 Å². The fourth-order valence-electron chi connectivity index (χ4n) is 3.43. The second-order valence-corrected chi connectivity index (χ2v) is 6.88. The van der Waals surface area contributed by atoms with E-state index in [2.05, 4.69) is 27.4 Å². The van der Waals surface area contributed by atoms with Gasteiger partial charge in [0.05, 0.1) is 17.4 Å². The molecule has 1 aliphatic rings. The lowest BCUT2D eigenvalue weighted by Crippen LogP contribution is -2.53. The summed E-state index contributed by atoms with van der Waals surface area (Å²) in [6.07, 6.45) is 2.43. The molecule has 3 aromatic rings. The molecule has 0 bridgehead atoms. The number of urea groups is 1. The maximum atomic E-state index is 12.7. The average molecular weight is 377 g/mol. The van der Waals surface area contributed by atoms with Gasteiger partial charge in [0.15, 0.2) is 0 Å². The first-order valence-corrected chi connectivity index (χ1v) is 9.50. The molecular formula is C21H23N5O2. The zero-order valence-corrected chi connectivity index (χ0v) is 15.6. The van der Waals surface area contributed by atoms with Gasteiger partial charge in [-0.15, -0.1) is 0 Å². The van der Waals surface area contributed by atoms with Crippen molar-refractivity contribution in [3.05, 3.63) is 66.0 Å². The summed E-state index contributed by atoms with van der Waals surface area (Å²) in [5.74, 6) is -0.0133. The van der Waals surface area contributed by atoms with Gasteiger partial charge in [-0.3, -0.25) is 4.79 Å². The van der Waals surface area contributed by atoms with Crippen LogP contribution in [0, 0.1) is 0 Å².